The predicted octanol–water partition coefficient (Wildman–Crippen LogP) is 2.23. The van der Waals surface area contributed by atoms with Crippen LogP contribution in [0.3, 0.4) is 0 Å². The zero-order chi connectivity index (χ0) is 10.9. The zero-order valence-corrected chi connectivity index (χ0v) is 10.1. The smallest absolute Gasteiger partial charge is 0.0988 e. The number of nitrogens with two attached hydrogens (primary N) is 1. The number of ether oxygens (including phenoxy) is 1. The summed E-state index contributed by atoms with van der Waals surface area (Å²) in [5.74, 6) is 0. The van der Waals surface area contributed by atoms with E-state index in [2.05, 4.69) is 17.3 Å². The molecule has 84 valence electrons. The third kappa shape index (κ3) is 2.38. The average Bonchev–Trinajstić information content (AvgIpc) is 2.82. The van der Waals surface area contributed by atoms with E-state index in [1.165, 1.54) is 17.8 Å². The Bertz CT molecular complexity index is 333. The van der Waals surface area contributed by atoms with Crippen molar-refractivity contribution in [2.45, 2.75) is 37.6 Å². The normalized spacial score (nSPS) is 20.2. The van der Waals surface area contributed by atoms with E-state index in [0.717, 1.165) is 12.1 Å². The highest BCUT2D eigenvalue weighted by molar-refractivity contribution is 7.09. The molecule has 0 bridgehead atoms. The first-order valence-electron chi connectivity index (χ1n) is 5.36. The van der Waals surface area contributed by atoms with Crippen LogP contribution in [0.1, 0.15) is 42.9 Å². The molecular formula is C11H18N2OS. The second-order valence-corrected chi connectivity index (χ2v) is 5.38. The molecule has 1 aliphatic carbocycles. The van der Waals surface area contributed by atoms with Gasteiger partial charge in [-0.05, 0) is 19.3 Å². The summed E-state index contributed by atoms with van der Waals surface area (Å²) in [6.45, 7) is 2.97. The summed E-state index contributed by atoms with van der Waals surface area (Å²) >= 11 is 1.75. The minimum Gasteiger partial charge on any atom is -0.385 e. The van der Waals surface area contributed by atoms with Gasteiger partial charge in [0.05, 0.1) is 16.7 Å². The summed E-state index contributed by atoms with van der Waals surface area (Å²) in [7, 11) is 1.70. The van der Waals surface area contributed by atoms with Crippen LogP contribution in [-0.4, -0.2) is 18.7 Å². The third-order valence-electron chi connectivity index (χ3n) is 3.05. The molecule has 1 unspecified atom stereocenters. The quantitative estimate of drug-likeness (QED) is 0.837. The van der Waals surface area contributed by atoms with Gasteiger partial charge in [0.1, 0.15) is 0 Å². The SMILES string of the molecule is COCCC(N)c1csc(C2(C)CC2)n1. The molecule has 0 amide bonds. The van der Waals surface area contributed by atoms with Gasteiger partial charge in [0, 0.05) is 24.5 Å². The maximum Gasteiger partial charge on any atom is 0.0988 e. The van der Waals surface area contributed by atoms with Crippen LogP contribution in [0, 0.1) is 0 Å². The van der Waals surface area contributed by atoms with E-state index in [1.807, 2.05) is 0 Å². The van der Waals surface area contributed by atoms with Gasteiger partial charge >= 0.3 is 0 Å². The molecule has 15 heavy (non-hydrogen) atoms. The summed E-state index contributed by atoms with van der Waals surface area (Å²) in [6.07, 6.45) is 3.39. The summed E-state index contributed by atoms with van der Waals surface area (Å²) in [4.78, 5) is 4.63. The largest absolute Gasteiger partial charge is 0.385 e. The predicted molar refractivity (Wildman–Crippen MR) is 62.1 cm³/mol. The van der Waals surface area contributed by atoms with Crippen LogP contribution in [-0.2, 0) is 10.2 Å². The zero-order valence-electron chi connectivity index (χ0n) is 9.32. The number of hydrogen-bond acceptors (Lipinski definition) is 4. The Morgan fingerprint density at radius 2 is 2.40 bits per heavy atom. The number of nitrogens with zero attached hydrogens (tertiary/aromatic N) is 1. The fourth-order valence-electron chi connectivity index (χ4n) is 1.53. The fourth-order valence-corrected chi connectivity index (χ4v) is 2.63. The van der Waals surface area contributed by atoms with Crippen LogP contribution < -0.4 is 5.73 Å². The molecular weight excluding hydrogens is 208 g/mol. The highest BCUT2D eigenvalue weighted by Gasteiger charge is 2.41. The van der Waals surface area contributed by atoms with Gasteiger partial charge in [-0.25, -0.2) is 4.98 Å². The highest BCUT2D eigenvalue weighted by atomic mass is 32.1. The maximum absolute atomic E-state index is 6.02. The van der Waals surface area contributed by atoms with Gasteiger partial charge in [0.15, 0.2) is 0 Å². The number of aromatic nitrogens is 1. The van der Waals surface area contributed by atoms with E-state index >= 15 is 0 Å². The molecule has 2 rings (SSSR count). The first-order valence-corrected chi connectivity index (χ1v) is 6.24. The van der Waals surface area contributed by atoms with Gasteiger partial charge in [-0.1, -0.05) is 6.92 Å². The van der Waals surface area contributed by atoms with Gasteiger partial charge in [-0.15, -0.1) is 11.3 Å². The van der Waals surface area contributed by atoms with Crippen LogP contribution in [0.5, 0.6) is 0 Å². The molecule has 1 aromatic rings. The molecule has 3 nitrogen and oxygen atoms in total. The lowest BCUT2D eigenvalue weighted by atomic mass is 10.1. The van der Waals surface area contributed by atoms with E-state index < -0.39 is 0 Å². The van der Waals surface area contributed by atoms with Crippen LogP contribution in [0.4, 0.5) is 0 Å². The van der Waals surface area contributed by atoms with E-state index in [0.29, 0.717) is 12.0 Å². The van der Waals surface area contributed by atoms with Crippen molar-refractivity contribution < 1.29 is 4.74 Å². The molecule has 0 aliphatic heterocycles. The van der Waals surface area contributed by atoms with Crippen molar-refractivity contribution in [3.05, 3.63) is 16.1 Å². The lowest BCUT2D eigenvalue weighted by Gasteiger charge is -2.07. The first-order chi connectivity index (χ1) is 7.15. The van der Waals surface area contributed by atoms with Crippen LogP contribution in [0.15, 0.2) is 5.38 Å². The minimum absolute atomic E-state index is 0.0253. The third-order valence-corrected chi connectivity index (χ3v) is 4.22. The fraction of sp³-hybridized carbons (Fsp3) is 0.727. The number of rotatable bonds is 5. The van der Waals surface area contributed by atoms with Crippen LogP contribution >= 0.6 is 11.3 Å². The Labute approximate surface area is 94.7 Å². The topological polar surface area (TPSA) is 48.1 Å². The Balaban J connectivity index is 2.00. The molecule has 1 fully saturated rings. The lowest BCUT2D eigenvalue weighted by molar-refractivity contribution is 0.187. The summed E-state index contributed by atoms with van der Waals surface area (Å²) in [5, 5.41) is 3.35. The molecule has 1 heterocycles. The minimum atomic E-state index is 0.0253. The van der Waals surface area contributed by atoms with Crippen LogP contribution in [0.2, 0.25) is 0 Å². The van der Waals surface area contributed by atoms with E-state index in [4.69, 9.17) is 10.5 Å². The maximum atomic E-state index is 6.02. The van der Waals surface area contributed by atoms with Gasteiger partial charge in [-0.2, -0.15) is 0 Å². The molecule has 1 atom stereocenters. The van der Waals surface area contributed by atoms with Crippen molar-refractivity contribution in [2.75, 3.05) is 13.7 Å². The van der Waals surface area contributed by atoms with Gasteiger partial charge in [0.25, 0.3) is 0 Å². The number of thiazole rings is 1. The summed E-state index contributed by atoms with van der Waals surface area (Å²) in [6, 6.07) is 0.0253. The van der Waals surface area contributed by atoms with E-state index in [-0.39, 0.29) is 6.04 Å². The first kappa shape index (κ1) is 11.0. The second kappa shape index (κ2) is 4.20. The van der Waals surface area contributed by atoms with Crippen molar-refractivity contribution >= 4 is 11.3 Å². The standard InChI is InChI=1S/C11H18N2OS/c1-11(4-5-11)10-13-9(7-15-10)8(12)3-6-14-2/h7-8H,3-6,12H2,1-2H3. The molecule has 1 aromatic heterocycles. The lowest BCUT2D eigenvalue weighted by Crippen LogP contribution is -2.13. The van der Waals surface area contributed by atoms with Gasteiger partial charge in [-0.3, -0.25) is 0 Å². The summed E-state index contributed by atoms with van der Waals surface area (Å²) in [5.41, 5.74) is 7.42. The highest BCUT2D eigenvalue weighted by Crippen LogP contribution is 2.48. The van der Waals surface area contributed by atoms with Crippen molar-refractivity contribution in [3.63, 3.8) is 0 Å². The molecule has 0 aromatic carbocycles. The Morgan fingerprint density at radius 3 is 3.00 bits per heavy atom. The van der Waals surface area contributed by atoms with Crippen molar-refractivity contribution in [1.29, 1.82) is 0 Å². The Hall–Kier alpha value is -0.450. The van der Waals surface area contributed by atoms with Crippen molar-refractivity contribution in [2.24, 2.45) is 5.73 Å². The van der Waals surface area contributed by atoms with E-state index in [1.54, 1.807) is 18.4 Å². The van der Waals surface area contributed by atoms with Crippen molar-refractivity contribution in [3.8, 4) is 0 Å². The molecule has 0 radical (unpaired) electrons. The molecule has 0 saturated heterocycles. The Kier molecular flexibility index (Phi) is 3.09. The number of hydrogen-bond donors (Lipinski definition) is 1. The van der Waals surface area contributed by atoms with Crippen LogP contribution in [0.25, 0.3) is 0 Å². The molecule has 2 N–H and O–H groups in total. The van der Waals surface area contributed by atoms with Crippen molar-refractivity contribution in [1.82, 2.24) is 4.98 Å². The average molecular weight is 226 g/mol. The van der Waals surface area contributed by atoms with Gasteiger partial charge in [0.2, 0.25) is 0 Å². The molecule has 1 aliphatic rings. The monoisotopic (exact) mass is 226 g/mol. The second-order valence-electron chi connectivity index (χ2n) is 4.53. The molecule has 1 saturated carbocycles. The molecule has 0 spiro atoms. The van der Waals surface area contributed by atoms with E-state index in [9.17, 15) is 0 Å². The number of methoxy groups -OCH3 is 1. The molecule has 4 heteroatoms. The van der Waals surface area contributed by atoms with Gasteiger partial charge < -0.3 is 10.5 Å². The summed E-state index contributed by atoms with van der Waals surface area (Å²) < 4.78 is 5.02. The Morgan fingerprint density at radius 1 is 1.67 bits per heavy atom.